The van der Waals surface area contributed by atoms with Crippen molar-refractivity contribution in [2.75, 3.05) is 26.4 Å². The van der Waals surface area contributed by atoms with Gasteiger partial charge in [0, 0.05) is 0 Å². The number of rotatable bonds is 4. The Labute approximate surface area is 77.7 Å². The molecule has 0 aliphatic rings. The first-order valence-electron chi connectivity index (χ1n) is 3.41. The SMILES string of the molecule is C.OCC(O)CO.OCC(O)CO. The summed E-state index contributed by atoms with van der Waals surface area (Å²) in [5.74, 6) is 0. The number of hydrogen-bond acceptors (Lipinski definition) is 6. The smallest absolute Gasteiger partial charge is 0.100 e. The molecule has 84 valence electrons. The van der Waals surface area contributed by atoms with Gasteiger partial charge in [0.1, 0.15) is 12.2 Å². The molecule has 0 unspecified atom stereocenters. The third kappa shape index (κ3) is 18.6. The molecule has 0 spiro atoms. The van der Waals surface area contributed by atoms with Crippen molar-refractivity contribution >= 4 is 0 Å². The van der Waals surface area contributed by atoms with Crippen LogP contribution in [-0.2, 0) is 0 Å². The van der Waals surface area contributed by atoms with Crippen LogP contribution in [0.15, 0.2) is 0 Å². The lowest BCUT2D eigenvalue weighted by Gasteiger charge is -1.96. The van der Waals surface area contributed by atoms with Gasteiger partial charge in [0.2, 0.25) is 0 Å². The highest BCUT2D eigenvalue weighted by atomic mass is 16.3. The summed E-state index contributed by atoms with van der Waals surface area (Å²) in [5.41, 5.74) is 0. The molecule has 0 aromatic heterocycles. The topological polar surface area (TPSA) is 121 Å². The molecule has 6 nitrogen and oxygen atoms in total. The van der Waals surface area contributed by atoms with E-state index in [9.17, 15) is 0 Å². The van der Waals surface area contributed by atoms with Crippen LogP contribution >= 0.6 is 0 Å². The zero-order valence-electron chi connectivity index (χ0n) is 6.67. The quantitative estimate of drug-likeness (QED) is 0.294. The summed E-state index contributed by atoms with van der Waals surface area (Å²) in [5, 5.41) is 48.0. The van der Waals surface area contributed by atoms with E-state index in [1.807, 2.05) is 0 Å². The molecular weight excluding hydrogens is 180 g/mol. The van der Waals surface area contributed by atoms with Gasteiger partial charge in [-0.3, -0.25) is 0 Å². The van der Waals surface area contributed by atoms with E-state index < -0.39 is 12.2 Å². The summed E-state index contributed by atoms with van der Waals surface area (Å²) in [6.07, 6.45) is -1.91. The molecule has 0 bridgehead atoms. The van der Waals surface area contributed by atoms with Gasteiger partial charge in [0.05, 0.1) is 26.4 Å². The van der Waals surface area contributed by atoms with Crippen molar-refractivity contribution in [2.24, 2.45) is 0 Å². The van der Waals surface area contributed by atoms with Gasteiger partial charge in [-0.15, -0.1) is 0 Å². The first-order chi connectivity index (χ1) is 5.62. The monoisotopic (exact) mass is 200 g/mol. The minimum Gasteiger partial charge on any atom is -0.394 e. The first kappa shape index (κ1) is 18.5. The van der Waals surface area contributed by atoms with E-state index in [0.29, 0.717) is 0 Å². The van der Waals surface area contributed by atoms with E-state index in [1.54, 1.807) is 0 Å². The fourth-order valence-electron chi connectivity index (χ4n) is 0.115. The summed E-state index contributed by atoms with van der Waals surface area (Å²) in [6, 6.07) is 0. The molecule has 0 radical (unpaired) electrons. The highest BCUT2D eigenvalue weighted by Gasteiger charge is 1.94. The first-order valence-corrected chi connectivity index (χ1v) is 3.41. The van der Waals surface area contributed by atoms with Gasteiger partial charge in [0.25, 0.3) is 0 Å². The van der Waals surface area contributed by atoms with Crippen molar-refractivity contribution in [3.63, 3.8) is 0 Å². The highest BCUT2D eigenvalue weighted by molar-refractivity contribution is 4.44. The van der Waals surface area contributed by atoms with Crippen molar-refractivity contribution in [3.8, 4) is 0 Å². The van der Waals surface area contributed by atoms with E-state index >= 15 is 0 Å². The molecule has 0 aromatic carbocycles. The zero-order chi connectivity index (χ0) is 9.98. The Hall–Kier alpha value is -0.240. The lowest BCUT2D eigenvalue weighted by molar-refractivity contribution is 0.0450. The summed E-state index contributed by atoms with van der Waals surface area (Å²) >= 11 is 0. The van der Waals surface area contributed by atoms with Gasteiger partial charge in [-0.2, -0.15) is 0 Å². The molecule has 0 fully saturated rings. The Morgan fingerprint density at radius 1 is 0.615 bits per heavy atom. The molecule has 0 aliphatic heterocycles. The van der Waals surface area contributed by atoms with Gasteiger partial charge in [0.15, 0.2) is 0 Å². The molecule has 0 saturated heterocycles. The van der Waals surface area contributed by atoms with Gasteiger partial charge in [-0.05, 0) is 0 Å². The Kier molecular flexibility index (Phi) is 20.4. The Bertz CT molecular complexity index is 61.4. The predicted octanol–water partition coefficient (Wildman–Crippen LogP) is -2.70. The van der Waals surface area contributed by atoms with Crippen LogP contribution in [0.5, 0.6) is 0 Å². The van der Waals surface area contributed by atoms with Crippen LogP contribution in [0.4, 0.5) is 0 Å². The Balaban J connectivity index is -0.000000143. The Morgan fingerprint density at radius 2 is 0.769 bits per heavy atom. The number of aliphatic hydroxyl groups excluding tert-OH is 6. The number of hydrogen-bond donors (Lipinski definition) is 6. The second-order valence-electron chi connectivity index (χ2n) is 2.04. The fourth-order valence-corrected chi connectivity index (χ4v) is 0.115. The van der Waals surface area contributed by atoms with Crippen LogP contribution in [0.25, 0.3) is 0 Å². The second kappa shape index (κ2) is 14.3. The molecular formula is C7H20O6. The van der Waals surface area contributed by atoms with Crippen molar-refractivity contribution in [3.05, 3.63) is 0 Å². The van der Waals surface area contributed by atoms with Crippen molar-refractivity contribution in [1.29, 1.82) is 0 Å². The Morgan fingerprint density at radius 3 is 0.769 bits per heavy atom. The second-order valence-corrected chi connectivity index (χ2v) is 2.04. The van der Waals surface area contributed by atoms with E-state index in [-0.39, 0.29) is 33.9 Å². The largest absolute Gasteiger partial charge is 0.394 e. The molecule has 0 atom stereocenters. The van der Waals surface area contributed by atoms with Crippen molar-refractivity contribution in [1.82, 2.24) is 0 Å². The van der Waals surface area contributed by atoms with Gasteiger partial charge in [-0.25, -0.2) is 0 Å². The van der Waals surface area contributed by atoms with Crippen LogP contribution in [0.1, 0.15) is 7.43 Å². The zero-order valence-corrected chi connectivity index (χ0v) is 6.67. The molecule has 6 N–H and O–H groups in total. The van der Waals surface area contributed by atoms with Gasteiger partial charge < -0.3 is 30.6 Å². The minimum atomic E-state index is -0.954. The maximum atomic E-state index is 8.17. The maximum Gasteiger partial charge on any atom is 0.100 e. The fraction of sp³-hybridized carbons (Fsp3) is 1.00. The normalized spacial score (nSPS) is 9.23. The van der Waals surface area contributed by atoms with E-state index in [0.717, 1.165) is 0 Å². The summed E-state index contributed by atoms with van der Waals surface area (Å²) < 4.78 is 0. The lowest BCUT2D eigenvalue weighted by atomic mass is 10.4. The van der Waals surface area contributed by atoms with Crippen LogP contribution < -0.4 is 0 Å². The van der Waals surface area contributed by atoms with Crippen LogP contribution in [0, 0.1) is 0 Å². The summed E-state index contributed by atoms with van der Waals surface area (Å²) in [6.45, 7) is -1.46. The molecule has 6 heteroatoms. The third-order valence-electron chi connectivity index (χ3n) is 0.843. The molecule has 0 aromatic rings. The summed E-state index contributed by atoms with van der Waals surface area (Å²) in [7, 11) is 0. The van der Waals surface area contributed by atoms with E-state index in [1.165, 1.54) is 0 Å². The third-order valence-corrected chi connectivity index (χ3v) is 0.843. The molecule has 0 rings (SSSR count). The molecule has 0 saturated carbocycles. The predicted molar refractivity (Wildman–Crippen MR) is 47.1 cm³/mol. The maximum absolute atomic E-state index is 8.17. The van der Waals surface area contributed by atoms with Crippen LogP contribution in [0.2, 0.25) is 0 Å². The molecule has 0 heterocycles. The lowest BCUT2D eigenvalue weighted by Crippen LogP contribution is -2.15. The average Bonchev–Trinajstić information content (AvgIpc) is 2.16. The van der Waals surface area contributed by atoms with Crippen molar-refractivity contribution < 1.29 is 30.6 Å². The molecule has 0 amide bonds. The van der Waals surface area contributed by atoms with Gasteiger partial charge in [-0.1, -0.05) is 7.43 Å². The van der Waals surface area contributed by atoms with Crippen LogP contribution in [0.3, 0.4) is 0 Å². The van der Waals surface area contributed by atoms with E-state index in [4.69, 9.17) is 30.6 Å². The molecule has 13 heavy (non-hydrogen) atoms. The van der Waals surface area contributed by atoms with Crippen molar-refractivity contribution in [2.45, 2.75) is 19.6 Å². The average molecular weight is 200 g/mol. The minimum absolute atomic E-state index is 0. The van der Waals surface area contributed by atoms with Gasteiger partial charge >= 0.3 is 0 Å². The highest BCUT2D eigenvalue weighted by Crippen LogP contribution is 1.72. The van der Waals surface area contributed by atoms with Crippen LogP contribution in [-0.4, -0.2) is 69.3 Å². The molecule has 0 aliphatic carbocycles. The number of aliphatic hydroxyl groups is 6. The van der Waals surface area contributed by atoms with E-state index in [2.05, 4.69) is 0 Å². The standard InChI is InChI=1S/2C3H8O3.CH4/c2*4-1-3(6)2-5;/h2*3-6H,1-2H2;1H4. The summed E-state index contributed by atoms with van der Waals surface area (Å²) in [4.78, 5) is 0.